The monoisotopic (exact) mass is 311 g/mol. The molecule has 0 unspecified atom stereocenters. The molecule has 0 N–H and O–H groups in total. The summed E-state index contributed by atoms with van der Waals surface area (Å²) in [5.41, 5.74) is 1.31. The molecule has 0 aliphatic carbocycles. The number of fused-ring (bicyclic) bond motifs is 1. The molecule has 1 aromatic carbocycles. The van der Waals surface area contributed by atoms with Crippen LogP contribution in [0.4, 0.5) is 5.69 Å². The van der Waals surface area contributed by atoms with Crippen LogP contribution >= 0.6 is 0 Å². The second-order valence-electron chi connectivity index (χ2n) is 4.89. The summed E-state index contributed by atoms with van der Waals surface area (Å²) in [6.45, 7) is 0.668. The molecule has 0 saturated carbocycles. The molecule has 0 atom stereocenters. The molecule has 0 spiro atoms. The molecule has 23 heavy (non-hydrogen) atoms. The summed E-state index contributed by atoms with van der Waals surface area (Å²) in [6, 6.07) is 9.78. The summed E-state index contributed by atoms with van der Waals surface area (Å²) in [5.74, 6) is -0.426. The SMILES string of the molecule is O=C(OCCn1ccc2cc([N+](=O)[O-])ccc21)c1cccnc1. The van der Waals surface area contributed by atoms with Crippen molar-refractivity contribution >= 4 is 22.6 Å². The molecule has 0 bridgehead atoms. The van der Waals surface area contributed by atoms with E-state index in [9.17, 15) is 14.9 Å². The van der Waals surface area contributed by atoms with Crippen LogP contribution < -0.4 is 0 Å². The Bertz CT molecular complexity index is 858. The Morgan fingerprint density at radius 3 is 2.91 bits per heavy atom. The maximum absolute atomic E-state index is 11.8. The van der Waals surface area contributed by atoms with E-state index < -0.39 is 10.9 Å². The molecular formula is C16H13N3O4. The van der Waals surface area contributed by atoms with E-state index in [0.29, 0.717) is 12.1 Å². The highest BCUT2D eigenvalue weighted by Gasteiger charge is 2.10. The minimum atomic E-state index is -0.426. The van der Waals surface area contributed by atoms with Crippen LogP contribution in [0.3, 0.4) is 0 Å². The van der Waals surface area contributed by atoms with Gasteiger partial charge in [-0.1, -0.05) is 0 Å². The maximum Gasteiger partial charge on any atom is 0.339 e. The predicted molar refractivity (Wildman–Crippen MR) is 83.1 cm³/mol. The fraction of sp³-hybridized carbons (Fsp3) is 0.125. The number of aromatic nitrogens is 2. The van der Waals surface area contributed by atoms with Gasteiger partial charge < -0.3 is 9.30 Å². The first-order valence-electron chi connectivity index (χ1n) is 6.95. The van der Waals surface area contributed by atoms with Gasteiger partial charge in [0.05, 0.1) is 17.0 Å². The molecule has 0 fully saturated rings. The van der Waals surface area contributed by atoms with Gasteiger partial charge in [0.1, 0.15) is 6.61 Å². The lowest BCUT2D eigenvalue weighted by atomic mass is 10.2. The first-order valence-corrected chi connectivity index (χ1v) is 6.95. The summed E-state index contributed by atoms with van der Waals surface area (Å²) in [7, 11) is 0. The first kappa shape index (κ1) is 14.7. The average molecular weight is 311 g/mol. The van der Waals surface area contributed by atoms with Crippen molar-refractivity contribution < 1.29 is 14.5 Å². The van der Waals surface area contributed by atoms with Crippen LogP contribution in [0.5, 0.6) is 0 Å². The van der Waals surface area contributed by atoms with Gasteiger partial charge in [0, 0.05) is 41.6 Å². The summed E-state index contributed by atoms with van der Waals surface area (Å²) >= 11 is 0. The zero-order valence-electron chi connectivity index (χ0n) is 12.1. The Balaban J connectivity index is 1.66. The zero-order chi connectivity index (χ0) is 16.2. The van der Waals surface area contributed by atoms with E-state index in [4.69, 9.17) is 4.74 Å². The van der Waals surface area contributed by atoms with E-state index in [2.05, 4.69) is 4.98 Å². The van der Waals surface area contributed by atoms with Crippen molar-refractivity contribution in [3.63, 3.8) is 0 Å². The van der Waals surface area contributed by atoms with E-state index in [1.54, 1.807) is 30.5 Å². The Hall–Kier alpha value is -3.22. The molecule has 0 amide bonds. The molecule has 0 aliphatic heterocycles. The molecule has 2 aromatic heterocycles. The van der Waals surface area contributed by atoms with E-state index in [1.165, 1.54) is 18.3 Å². The van der Waals surface area contributed by atoms with Crippen molar-refractivity contribution in [2.75, 3.05) is 6.61 Å². The fourth-order valence-corrected chi connectivity index (χ4v) is 2.30. The zero-order valence-corrected chi connectivity index (χ0v) is 12.1. The summed E-state index contributed by atoms with van der Waals surface area (Å²) in [6.07, 6.45) is 4.85. The second-order valence-corrected chi connectivity index (χ2v) is 4.89. The number of nitro groups is 1. The van der Waals surface area contributed by atoms with Crippen LogP contribution in [0.15, 0.2) is 55.0 Å². The predicted octanol–water partition coefficient (Wildman–Crippen LogP) is 2.80. The smallest absolute Gasteiger partial charge is 0.339 e. The van der Waals surface area contributed by atoms with Crippen molar-refractivity contribution in [2.45, 2.75) is 6.54 Å². The van der Waals surface area contributed by atoms with Gasteiger partial charge in [-0.3, -0.25) is 15.1 Å². The van der Waals surface area contributed by atoms with E-state index in [1.807, 2.05) is 10.8 Å². The lowest BCUT2D eigenvalue weighted by Gasteiger charge is -2.07. The molecule has 7 heteroatoms. The highest BCUT2D eigenvalue weighted by atomic mass is 16.6. The Kier molecular flexibility index (Phi) is 4.01. The van der Waals surface area contributed by atoms with Crippen LogP contribution in [-0.2, 0) is 11.3 Å². The number of non-ortho nitro benzene ring substituents is 1. The quantitative estimate of drug-likeness (QED) is 0.411. The number of hydrogen-bond acceptors (Lipinski definition) is 5. The standard InChI is InChI=1S/C16H13N3O4/c20-16(13-2-1-6-17-11-13)23-9-8-18-7-5-12-10-14(19(21)22)3-4-15(12)18/h1-7,10-11H,8-9H2. The van der Waals surface area contributed by atoms with E-state index >= 15 is 0 Å². The number of benzene rings is 1. The number of rotatable bonds is 5. The summed E-state index contributed by atoms with van der Waals surface area (Å²) in [4.78, 5) is 26.0. The van der Waals surface area contributed by atoms with Crippen molar-refractivity contribution in [2.24, 2.45) is 0 Å². The maximum atomic E-state index is 11.8. The number of carbonyl (C=O) groups is 1. The van der Waals surface area contributed by atoms with Crippen LogP contribution in [-0.4, -0.2) is 27.1 Å². The molecule has 7 nitrogen and oxygen atoms in total. The van der Waals surface area contributed by atoms with Gasteiger partial charge in [-0.25, -0.2) is 4.79 Å². The highest BCUT2D eigenvalue weighted by molar-refractivity contribution is 5.88. The molecule has 3 rings (SSSR count). The molecule has 0 aliphatic rings. The minimum absolute atomic E-state index is 0.0539. The molecular weight excluding hydrogens is 298 g/mol. The molecule has 3 aromatic rings. The largest absolute Gasteiger partial charge is 0.460 e. The molecule has 0 radical (unpaired) electrons. The third kappa shape index (κ3) is 3.18. The number of nitrogens with zero attached hydrogens (tertiary/aromatic N) is 3. The number of pyridine rings is 1. The lowest BCUT2D eigenvalue weighted by molar-refractivity contribution is -0.384. The highest BCUT2D eigenvalue weighted by Crippen LogP contribution is 2.21. The van der Waals surface area contributed by atoms with Gasteiger partial charge in [0.25, 0.3) is 5.69 Å². The Morgan fingerprint density at radius 2 is 2.17 bits per heavy atom. The van der Waals surface area contributed by atoms with Crippen molar-refractivity contribution in [3.8, 4) is 0 Å². The van der Waals surface area contributed by atoms with Crippen LogP contribution in [0, 0.1) is 10.1 Å². The third-order valence-electron chi connectivity index (χ3n) is 3.43. The van der Waals surface area contributed by atoms with Crippen LogP contribution in [0.25, 0.3) is 10.9 Å². The number of nitro benzene ring substituents is 1. The number of esters is 1. The number of ether oxygens (including phenoxy) is 1. The number of hydrogen-bond donors (Lipinski definition) is 0. The van der Waals surface area contributed by atoms with Crippen LogP contribution in [0.2, 0.25) is 0 Å². The average Bonchev–Trinajstić information content (AvgIpc) is 2.98. The minimum Gasteiger partial charge on any atom is -0.460 e. The fourth-order valence-electron chi connectivity index (χ4n) is 2.30. The Labute approximate surface area is 131 Å². The van der Waals surface area contributed by atoms with Gasteiger partial charge in [0.15, 0.2) is 0 Å². The van der Waals surface area contributed by atoms with Gasteiger partial charge in [-0.05, 0) is 24.3 Å². The third-order valence-corrected chi connectivity index (χ3v) is 3.43. The first-order chi connectivity index (χ1) is 11.1. The number of carbonyl (C=O) groups excluding carboxylic acids is 1. The lowest BCUT2D eigenvalue weighted by Crippen LogP contribution is -2.11. The van der Waals surface area contributed by atoms with Crippen molar-refractivity contribution in [1.82, 2.24) is 9.55 Å². The van der Waals surface area contributed by atoms with Gasteiger partial charge in [0.2, 0.25) is 0 Å². The van der Waals surface area contributed by atoms with Gasteiger partial charge in [-0.2, -0.15) is 0 Å². The molecule has 2 heterocycles. The van der Waals surface area contributed by atoms with Gasteiger partial charge >= 0.3 is 5.97 Å². The topological polar surface area (TPSA) is 87.3 Å². The molecule has 116 valence electrons. The Morgan fingerprint density at radius 1 is 1.30 bits per heavy atom. The summed E-state index contributed by atoms with van der Waals surface area (Å²) in [5, 5.41) is 11.5. The van der Waals surface area contributed by atoms with Gasteiger partial charge in [-0.15, -0.1) is 0 Å². The van der Waals surface area contributed by atoms with Crippen molar-refractivity contribution in [1.29, 1.82) is 0 Å². The normalized spacial score (nSPS) is 10.6. The van der Waals surface area contributed by atoms with Crippen molar-refractivity contribution in [3.05, 3.63) is 70.7 Å². The van der Waals surface area contributed by atoms with E-state index in [0.717, 1.165) is 10.9 Å². The molecule has 0 saturated heterocycles. The van der Waals surface area contributed by atoms with Crippen LogP contribution in [0.1, 0.15) is 10.4 Å². The second kappa shape index (κ2) is 6.27. The van der Waals surface area contributed by atoms with E-state index in [-0.39, 0.29) is 12.3 Å². The summed E-state index contributed by atoms with van der Waals surface area (Å²) < 4.78 is 7.09.